The van der Waals surface area contributed by atoms with Gasteiger partial charge in [0.25, 0.3) is 15.7 Å². The van der Waals surface area contributed by atoms with Crippen LogP contribution in [-0.2, 0) is 10.0 Å². The van der Waals surface area contributed by atoms with Crippen LogP contribution in [0.4, 0.5) is 17.1 Å². The summed E-state index contributed by atoms with van der Waals surface area (Å²) in [5.41, 5.74) is 3.85. The minimum Gasteiger partial charge on any atom is -0.495 e. The number of non-ortho nitro benzene ring substituents is 1. The number of hydrogen-bond donors (Lipinski definition) is 2. The third-order valence-corrected chi connectivity index (χ3v) is 5.65. The van der Waals surface area contributed by atoms with Crippen molar-refractivity contribution in [1.29, 1.82) is 0 Å². The van der Waals surface area contributed by atoms with Crippen molar-refractivity contribution < 1.29 is 18.1 Å². The first kappa shape index (κ1) is 21.7. The van der Waals surface area contributed by atoms with Crippen LogP contribution >= 0.6 is 0 Å². The molecule has 0 aliphatic heterocycles. The second kappa shape index (κ2) is 9.22. The van der Waals surface area contributed by atoms with Crippen LogP contribution in [0.3, 0.4) is 0 Å². The number of nitro benzene ring substituents is 1. The molecule has 0 saturated heterocycles. The zero-order chi connectivity index (χ0) is 22.4. The quantitative estimate of drug-likeness (QED) is 0.309. The Hall–Kier alpha value is -3.99. The Morgan fingerprint density at radius 1 is 1.13 bits per heavy atom. The van der Waals surface area contributed by atoms with Crippen molar-refractivity contribution in [1.82, 2.24) is 4.98 Å². The molecular weight excluding hydrogens is 422 g/mol. The van der Waals surface area contributed by atoms with Gasteiger partial charge in [0.05, 0.1) is 29.1 Å². The fraction of sp³-hybridized carbons (Fsp3) is 0.100. The first-order valence-corrected chi connectivity index (χ1v) is 10.4. The molecule has 2 aromatic carbocycles. The van der Waals surface area contributed by atoms with Gasteiger partial charge in [0.15, 0.2) is 0 Å². The highest BCUT2D eigenvalue weighted by Crippen LogP contribution is 2.31. The molecule has 0 radical (unpaired) electrons. The number of hydrogen-bond acceptors (Lipinski definition) is 8. The largest absolute Gasteiger partial charge is 0.495 e. The lowest BCUT2D eigenvalue weighted by atomic mass is 10.2. The van der Waals surface area contributed by atoms with Crippen LogP contribution in [0.15, 0.2) is 77.0 Å². The minimum atomic E-state index is -4.22. The summed E-state index contributed by atoms with van der Waals surface area (Å²) in [5, 5.41) is 15.4. The predicted octanol–water partition coefficient (Wildman–Crippen LogP) is 3.64. The summed E-state index contributed by atoms with van der Waals surface area (Å²) < 4.78 is 33.8. The fourth-order valence-corrected chi connectivity index (χ4v) is 3.90. The van der Waals surface area contributed by atoms with Gasteiger partial charge in [-0.3, -0.25) is 25.2 Å². The Bertz CT molecular complexity index is 1230. The number of aromatic nitrogens is 1. The van der Waals surface area contributed by atoms with E-state index in [-0.39, 0.29) is 22.0 Å². The summed E-state index contributed by atoms with van der Waals surface area (Å²) in [7, 11) is -2.82. The number of methoxy groups -OCH3 is 1. The van der Waals surface area contributed by atoms with E-state index in [1.807, 2.05) is 0 Å². The topological polar surface area (TPSA) is 136 Å². The van der Waals surface area contributed by atoms with Gasteiger partial charge in [-0.25, -0.2) is 8.42 Å². The molecule has 10 nitrogen and oxygen atoms in total. The van der Waals surface area contributed by atoms with Crippen LogP contribution in [-0.4, -0.2) is 31.1 Å². The number of benzene rings is 2. The van der Waals surface area contributed by atoms with E-state index in [9.17, 15) is 18.5 Å². The van der Waals surface area contributed by atoms with E-state index in [4.69, 9.17) is 4.74 Å². The molecule has 0 unspecified atom stereocenters. The fourth-order valence-electron chi connectivity index (χ4n) is 2.65. The molecule has 11 heteroatoms. The maximum Gasteiger partial charge on any atom is 0.270 e. The molecule has 0 aliphatic rings. The number of anilines is 2. The third-order valence-electron chi connectivity index (χ3n) is 4.24. The Morgan fingerprint density at radius 3 is 2.58 bits per heavy atom. The first-order valence-electron chi connectivity index (χ1n) is 8.97. The molecule has 2 N–H and O–H groups in total. The van der Waals surface area contributed by atoms with Crippen molar-refractivity contribution in [3.63, 3.8) is 0 Å². The van der Waals surface area contributed by atoms with Crippen LogP contribution in [0.1, 0.15) is 12.5 Å². The summed E-state index contributed by atoms with van der Waals surface area (Å²) in [6.07, 6.45) is 3.23. The van der Waals surface area contributed by atoms with Gasteiger partial charge in [0.1, 0.15) is 10.6 Å². The molecule has 3 aromatic rings. The molecule has 3 rings (SSSR count). The molecule has 1 heterocycles. The van der Waals surface area contributed by atoms with Crippen molar-refractivity contribution in [3.8, 4) is 5.75 Å². The summed E-state index contributed by atoms with van der Waals surface area (Å²) in [5.74, 6) is 0.302. The average Bonchev–Trinajstić information content (AvgIpc) is 2.78. The summed E-state index contributed by atoms with van der Waals surface area (Å²) in [6, 6.07) is 13.4. The normalized spacial score (nSPS) is 11.6. The lowest BCUT2D eigenvalue weighted by Gasteiger charge is -2.14. The van der Waals surface area contributed by atoms with Gasteiger partial charge in [-0.05, 0) is 31.2 Å². The highest BCUT2D eigenvalue weighted by Gasteiger charge is 2.24. The van der Waals surface area contributed by atoms with E-state index in [1.165, 1.54) is 25.3 Å². The van der Waals surface area contributed by atoms with Gasteiger partial charge in [0.2, 0.25) is 0 Å². The van der Waals surface area contributed by atoms with Gasteiger partial charge in [-0.15, -0.1) is 0 Å². The lowest BCUT2D eigenvalue weighted by molar-refractivity contribution is -0.385. The molecule has 0 aliphatic carbocycles. The maximum absolute atomic E-state index is 13.1. The van der Waals surface area contributed by atoms with E-state index < -0.39 is 14.9 Å². The van der Waals surface area contributed by atoms with E-state index >= 15 is 0 Å². The Kier molecular flexibility index (Phi) is 6.46. The van der Waals surface area contributed by atoms with Gasteiger partial charge in [-0.2, -0.15) is 5.10 Å². The first-order chi connectivity index (χ1) is 14.8. The van der Waals surface area contributed by atoms with E-state index in [0.717, 1.165) is 11.6 Å². The SMILES string of the molecule is COc1ccccc1NS(=O)(=O)c1cc([N+](=O)[O-])ccc1NN=C(C)c1cccnc1. The number of ether oxygens (including phenoxy) is 1. The van der Waals surface area contributed by atoms with E-state index in [1.54, 1.807) is 49.6 Å². The number of hydrazone groups is 1. The number of pyridine rings is 1. The van der Waals surface area contributed by atoms with Gasteiger partial charge >= 0.3 is 0 Å². The summed E-state index contributed by atoms with van der Waals surface area (Å²) in [6.45, 7) is 1.72. The van der Waals surface area contributed by atoms with E-state index in [0.29, 0.717) is 11.5 Å². The van der Waals surface area contributed by atoms with Crippen molar-refractivity contribution in [2.75, 3.05) is 17.3 Å². The smallest absolute Gasteiger partial charge is 0.270 e. The monoisotopic (exact) mass is 441 g/mol. The molecule has 0 amide bonds. The second-order valence-electron chi connectivity index (χ2n) is 6.29. The number of para-hydroxylation sites is 2. The van der Waals surface area contributed by atoms with Crippen molar-refractivity contribution in [3.05, 3.63) is 82.7 Å². The average molecular weight is 441 g/mol. The maximum atomic E-state index is 13.1. The Morgan fingerprint density at radius 2 is 1.90 bits per heavy atom. The number of nitro groups is 1. The number of rotatable bonds is 8. The van der Waals surface area contributed by atoms with Crippen LogP contribution in [0.25, 0.3) is 0 Å². The van der Waals surface area contributed by atoms with Crippen LogP contribution < -0.4 is 14.9 Å². The number of sulfonamides is 1. The number of nitrogens with zero attached hydrogens (tertiary/aromatic N) is 3. The summed E-state index contributed by atoms with van der Waals surface area (Å²) >= 11 is 0. The molecule has 1 aromatic heterocycles. The Balaban J connectivity index is 2.01. The zero-order valence-corrected chi connectivity index (χ0v) is 17.5. The minimum absolute atomic E-state index is 0.0660. The van der Waals surface area contributed by atoms with Crippen molar-refractivity contribution in [2.24, 2.45) is 5.10 Å². The lowest BCUT2D eigenvalue weighted by Crippen LogP contribution is -2.16. The van der Waals surface area contributed by atoms with Crippen LogP contribution in [0.5, 0.6) is 5.75 Å². The van der Waals surface area contributed by atoms with Crippen molar-refractivity contribution >= 4 is 32.8 Å². The molecule has 0 fully saturated rings. The van der Waals surface area contributed by atoms with Crippen LogP contribution in [0, 0.1) is 10.1 Å². The van der Waals surface area contributed by atoms with Crippen LogP contribution in [0.2, 0.25) is 0 Å². The molecular formula is C20H19N5O5S. The predicted molar refractivity (Wildman–Crippen MR) is 117 cm³/mol. The standard InChI is InChI=1S/C20H19N5O5S/c1-14(15-6-5-11-21-13-15)22-23-18-10-9-16(25(26)27)12-20(18)31(28,29)24-17-7-3-4-8-19(17)30-2/h3-13,23-24H,1-2H3. The van der Waals surface area contributed by atoms with Gasteiger partial charge in [0, 0.05) is 30.1 Å². The third kappa shape index (κ3) is 5.14. The zero-order valence-electron chi connectivity index (χ0n) is 16.6. The Labute approximate surface area is 178 Å². The molecule has 160 valence electrons. The highest BCUT2D eigenvalue weighted by molar-refractivity contribution is 7.93. The highest BCUT2D eigenvalue weighted by atomic mass is 32.2. The molecule has 0 spiro atoms. The summed E-state index contributed by atoms with van der Waals surface area (Å²) in [4.78, 5) is 14.2. The van der Waals surface area contributed by atoms with E-state index in [2.05, 4.69) is 20.2 Å². The van der Waals surface area contributed by atoms with Gasteiger partial charge in [-0.1, -0.05) is 18.2 Å². The second-order valence-corrected chi connectivity index (χ2v) is 7.94. The van der Waals surface area contributed by atoms with Crippen molar-refractivity contribution in [2.45, 2.75) is 11.8 Å². The molecule has 0 saturated carbocycles. The van der Waals surface area contributed by atoms with Gasteiger partial charge < -0.3 is 4.74 Å². The molecule has 0 bridgehead atoms. The molecule has 31 heavy (non-hydrogen) atoms. The number of nitrogens with one attached hydrogen (secondary N) is 2. The molecule has 0 atom stereocenters.